The first kappa shape index (κ1) is 15.2. The van der Waals surface area contributed by atoms with E-state index in [4.69, 9.17) is 4.74 Å². The van der Waals surface area contributed by atoms with Gasteiger partial charge in [-0.2, -0.15) is 5.10 Å². The number of hydrogen-bond acceptors (Lipinski definition) is 3. The standard InChI is InChI=1S/C14H27N3O/c1-3-4-5-6-7-11-17-14(8-9-16-17)13-15-10-12-18-2/h8-9,15H,3-7,10-13H2,1-2H3. The highest BCUT2D eigenvalue weighted by molar-refractivity contribution is 4.99. The summed E-state index contributed by atoms with van der Waals surface area (Å²) < 4.78 is 7.13. The summed E-state index contributed by atoms with van der Waals surface area (Å²) >= 11 is 0. The smallest absolute Gasteiger partial charge is 0.0587 e. The molecule has 0 amide bonds. The normalized spacial score (nSPS) is 11.0. The zero-order valence-electron chi connectivity index (χ0n) is 11.8. The van der Waals surface area contributed by atoms with Crippen LogP contribution in [0.15, 0.2) is 12.3 Å². The van der Waals surface area contributed by atoms with Gasteiger partial charge in [-0.3, -0.25) is 4.68 Å². The highest BCUT2D eigenvalue weighted by Gasteiger charge is 2.01. The first-order valence-electron chi connectivity index (χ1n) is 7.08. The van der Waals surface area contributed by atoms with Crippen LogP contribution in [0.2, 0.25) is 0 Å². The van der Waals surface area contributed by atoms with Crippen molar-refractivity contribution in [3.63, 3.8) is 0 Å². The van der Waals surface area contributed by atoms with Gasteiger partial charge in [0.15, 0.2) is 0 Å². The molecular formula is C14H27N3O. The molecule has 0 unspecified atom stereocenters. The van der Waals surface area contributed by atoms with Gasteiger partial charge in [-0.15, -0.1) is 0 Å². The maximum Gasteiger partial charge on any atom is 0.0587 e. The molecule has 1 aromatic rings. The maximum absolute atomic E-state index is 5.01. The minimum absolute atomic E-state index is 0.755. The van der Waals surface area contributed by atoms with E-state index in [-0.39, 0.29) is 0 Å². The summed E-state index contributed by atoms with van der Waals surface area (Å²) in [6.45, 7) is 5.80. The van der Waals surface area contributed by atoms with E-state index < -0.39 is 0 Å². The minimum atomic E-state index is 0.755. The van der Waals surface area contributed by atoms with Gasteiger partial charge >= 0.3 is 0 Å². The quantitative estimate of drug-likeness (QED) is 0.616. The molecule has 104 valence electrons. The second-order valence-electron chi connectivity index (χ2n) is 4.63. The predicted molar refractivity (Wildman–Crippen MR) is 74.6 cm³/mol. The average Bonchev–Trinajstić information content (AvgIpc) is 2.82. The first-order valence-corrected chi connectivity index (χ1v) is 7.08. The molecule has 0 aromatic carbocycles. The number of aromatic nitrogens is 2. The Kier molecular flexibility index (Phi) is 8.51. The molecule has 0 aliphatic carbocycles. The molecule has 4 nitrogen and oxygen atoms in total. The van der Waals surface area contributed by atoms with Gasteiger partial charge in [-0.1, -0.05) is 32.6 Å². The lowest BCUT2D eigenvalue weighted by atomic mass is 10.1. The van der Waals surface area contributed by atoms with Crippen LogP contribution in [0.25, 0.3) is 0 Å². The van der Waals surface area contributed by atoms with E-state index in [0.717, 1.165) is 26.2 Å². The van der Waals surface area contributed by atoms with Crippen molar-refractivity contribution in [3.05, 3.63) is 18.0 Å². The highest BCUT2D eigenvalue weighted by Crippen LogP contribution is 2.06. The van der Waals surface area contributed by atoms with Crippen LogP contribution in [0.4, 0.5) is 0 Å². The molecule has 0 saturated heterocycles. The summed E-state index contributed by atoms with van der Waals surface area (Å²) in [5, 5.41) is 7.73. The van der Waals surface area contributed by atoms with Crippen molar-refractivity contribution in [2.24, 2.45) is 0 Å². The molecule has 0 spiro atoms. The molecule has 1 N–H and O–H groups in total. The molecule has 18 heavy (non-hydrogen) atoms. The Hall–Kier alpha value is -0.870. The summed E-state index contributed by atoms with van der Waals surface area (Å²) in [7, 11) is 1.72. The molecule has 0 saturated carbocycles. The third kappa shape index (κ3) is 6.17. The lowest BCUT2D eigenvalue weighted by Crippen LogP contribution is -2.20. The van der Waals surface area contributed by atoms with E-state index in [0.29, 0.717) is 0 Å². The van der Waals surface area contributed by atoms with Gasteiger partial charge in [0.05, 0.1) is 12.3 Å². The van der Waals surface area contributed by atoms with Crippen molar-refractivity contribution in [2.45, 2.75) is 52.1 Å². The molecule has 0 aliphatic rings. The largest absolute Gasteiger partial charge is 0.383 e. The fourth-order valence-corrected chi connectivity index (χ4v) is 1.97. The topological polar surface area (TPSA) is 39.1 Å². The number of aryl methyl sites for hydroxylation is 1. The monoisotopic (exact) mass is 253 g/mol. The van der Waals surface area contributed by atoms with Crippen molar-refractivity contribution >= 4 is 0 Å². The molecule has 0 bridgehead atoms. The SMILES string of the molecule is CCCCCCCn1nccc1CNCCOC. The molecule has 0 atom stereocenters. The number of unbranched alkanes of at least 4 members (excludes halogenated alkanes) is 4. The van der Waals surface area contributed by atoms with Gasteiger partial charge in [-0.25, -0.2) is 0 Å². The summed E-state index contributed by atoms with van der Waals surface area (Å²) in [6.07, 6.45) is 8.43. The van der Waals surface area contributed by atoms with Crippen LogP contribution in [0.3, 0.4) is 0 Å². The van der Waals surface area contributed by atoms with Crippen LogP contribution >= 0.6 is 0 Å². The summed E-state index contributed by atoms with van der Waals surface area (Å²) in [4.78, 5) is 0. The van der Waals surface area contributed by atoms with E-state index in [9.17, 15) is 0 Å². The van der Waals surface area contributed by atoms with Crippen LogP contribution < -0.4 is 5.32 Å². The number of methoxy groups -OCH3 is 1. The Labute approximate surface area is 111 Å². The van der Waals surface area contributed by atoms with E-state index in [1.807, 2.05) is 6.20 Å². The number of ether oxygens (including phenoxy) is 1. The van der Waals surface area contributed by atoms with E-state index >= 15 is 0 Å². The fraction of sp³-hybridized carbons (Fsp3) is 0.786. The van der Waals surface area contributed by atoms with Crippen LogP contribution in [0, 0.1) is 0 Å². The predicted octanol–water partition coefficient (Wildman–Crippen LogP) is 2.59. The molecule has 0 fully saturated rings. The van der Waals surface area contributed by atoms with Crippen LogP contribution in [-0.4, -0.2) is 30.0 Å². The minimum Gasteiger partial charge on any atom is -0.383 e. The summed E-state index contributed by atoms with van der Waals surface area (Å²) in [5.41, 5.74) is 1.27. The lowest BCUT2D eigenvalue weighted by molar-refractivity contribution is 0.199. The Balaban J connectivity index is 2.18. The molecule has 1 rings (SSSR count). The van der Waals surface area contributed by atoms with Crippen LogP contribution in [-0.2, 0) is 17.8 Å². The third-order valence-corrected chi connectivity index (χ3v) is 3.07. The van der Waals surface area contributed by atoms with Crippen molar-refractivity contribution < 1.29 is 4.74 Å². The number of nitrogens with zero attached hydrogens (tertiary/aromatic N) is 2. The Morgan fingerprint density at radius 3 is 2.89 bits per heavy atom. The third-order valence-electron chi connectivity index (χ3n) is 3.07. The number of hydrogen-bond donors (Lipinski definition) is 1. The Morgan fingerprint density at radius 2 is 2.11 bits per heavy atom. The maximum atomic E-state index is 5.01. The molecule has 1 aromatic heterocycles. The van der Waals surface area contributed by atoms with Crippen molar-refractivity contribution in [1.29, 1.82) is 0 Å². The van der Waals surface area contributed by atoms with Crippen molar-refractivity contribution in [3.8, 4) is 0 Å². The molecule has 1 heterocycles. The van der Waals surface area contributed by atoms with Crippen molar-refractivity contribution in [1.82, 2.24) is 15.1 Å². The number of rotatable bonds is 11. The summed E-state index contributed by atoms with van der Waals surface area (Å²) in [5.74, 6) is 0. The molecular weight excluding hydrogens is 226 g/mol. The lowest BCUT2D eigenvalue weighted by Gasteiger charge is -2.08. The fourth-order valence-electron chi connectivity index (χ4n) is 1.97. The van der Waals surface area contributed by atoms with Gasteiger partial charge in [-0.05, 0) is 12.5 Å². The second kappa shape index (κ2) is 10.1. The van der Waals surface area contributed by atoms with E-state index in [1.54, 1.807) is 7.11 Å². The van der Waals surface area contributed by atoms with Gasteiger partial charge in [0.1, 0.15) is 0 Å². The molecule has 4 heteroatoms. The summed E-state index contributed by atoms with van der Waals surface area (Å²) in [6, 6.07) is 2.09. The Morgan fingerprint density at radius 1 is 1.28 bits per heavy atom. The van der Waals surface area contributed by atoms with Gasteiger partial charge in [0.25, 0.3) is 0 Å². The molecule has 0 radical (unpaired) electrons. The molecule has 0 aliphatic heterocycles. The van der Waals surface area contributed by atoms with Crippen LogP contribution in [0.1, 0.15) is 44.7 Å². The zero-order chi connectivity index (χ0) is 13.1. The van der Waals surface area contributed by atoms with Gasteiger partial charge in [0, 0.05) is 32.9 Å². The van der Waals surface area contributed by atoms with Gasteiger partial charge < -0.3 is 10.1 Å². The zero-order valence-corrected chi connectivity index (χ0v) is 11.8. The first-order chi connectivity index (χ1) is 8.88. The number of nitrogens with one attached hydrogen (secondary N) is 1. The van der Waals surface area contributed by atoms with Crippen molar-refractivity contribution in [2.75, 3.05) is 20.3 Å². The van der Waals surface area contributed by atoms with E-state index in [2.05, 4.69) is 28.1 Å². The van der Waals surface area contributed by atoms with E-state index in [1.165, 1.54) is 37.8 Å². The second-order valence-corrected chi connectivity index (χ2v) is 4.63. The van der Waals surface area contributed by atoms with Crippen LogP contribution in [0.5, 0.6) is 0 Å². The highest BCUT2D eigenvalue weighted by atomic mass is 16.5. The Bertz CT molecular complexity index is 299. The average molecular weight is 253 g/mol. The van der Waals surface area contributed by atoms with Gasteiger partial charge in [0.2, 0.25) is 0 Å².